The van der Waals surface area contributed by atoms with Gasteiger partial charge in [-0.25, -0.2) is 0 Å². The van der Waals surface area contributed by atoms with Gasteiger partial charge in [-0.2, -0.15) is 0 Å². The van der Waals surface area contributed by atoms with Crippen molar-refractivity contribution in [2.24, 2.45) is 17.1 Å². The summed E-state index contributed by atoms with van der Waals surface area (Å²) in [6.07, 6.45) is 0. The third-order valence-electron chi connectivity index (χ3n) is 3.15. The summed E-state index contributed by atoms with van der Waals surface area (Å²) in [5.74, 6) is 1.43. The fraction of sp³-hybridized carbons (Fsp3) is 0.600. The van der Waals surface area contributed by atoms with Gasteiger partial charge in [0.2, 0.25) is 0 Å². The molecule has 1 nitrogen and oxygen atoms in total. The molecule has 2 heteroatoms. The highest BCUT2D eigenvalue weighted by atomic mass is 32.1. The molecule has 0 saturated heterocycles. The minimum absolute atomic E-state index is 0.444. The van der Waals surface area contributed by atoms with Gasteiger partial charge in [0, 0.05) is 10.8 Å². The monoisotopic (exact) mass is 181 g/mol. The summed E-state index contributed by atoms with van der Waals surface area (Å²) in [5.41, 5.74) is 6.15. The number of nitrogens with two attached hydrogens (primary N) is 1. The van der Waals surface area contributed by atoms with E-state index in [1.54, 1.807) is 0 Å². The molecule has 2 rings (SSSR count). The van der Waals surface area contributed by atoms with Crippen LogP contribution in [-0.4, -0.2) is 6.54 Å². The molecule has 12 heavy (non-hydrogen) atoms. The Morgan fingerprint density at radius 1 is 1.58 bits per heavy atom. The highest BCUT2D eigenvalue weighted by molar-refractivity contribution is 7.10. The van der Waals surface area contributed by atoms with Crippen LogP contribution in [0.2, 0.25) is 0 Å². The van der Waals surface area contributed by atoms with Crippen LogP contribution >= 0.6 is 11.3 Å². The van der Waals surface area contributed by atoms with E-state index >= 15 is 0 Å². The lowest BCUT2D eigenvalue weighted by Crippen LogP contribution is -2.05. The summed E-state index contributed by atoms with van der Waals surface area (Å²) in [6, 6.07) is 4.36. The maximum atomic E-state index is 5.71. The average molecular weight is 181 g/mol. The second-order valence-electron chi connectivity index (χ2n) is 4.16. The van der Waals surface area contributed by atoms with Crippen molar-refractivity contribution in [3.05, 3.63) is 22.4 Å². The summed E-state index contributed by atoms with van der Waals surface area (Å²) >= 11 is 1.86. The Labute approximate surface area is 77.6 Å². The van der Waals surface area contributed by atoms with Crippen LogP contribution in [0.1, 0.15) is 24.6 Å². The van der Waals surface area contributed by atoms with Crippen molar-refractivity contribution in [1.29, 1.82) is 0 Å². The third kappa shape index (κ3) is 1.02. The molecule has 0 aromatic carbocycles. The van der Waals surface area contributed by atoms with Gasteiger partial charge in [0.25, 0.3) is 0 Å². The standard InChI is InChI=1S/C10H15NS/c1-10(2)7(6-11)9(10)8-4-3-5-12-8/h3-5,7,9H,6,11H2,1-2H3/t7-,9+/m0/s1. The molecule has 1 fully saturated rings. The molecule has 1 saturated carbocycles. The van der Waals surface area contributed by atoms with E-state index in [9.17, 15) is 0 Å². The molecule has 0 unspecified atom stereocenters. The number of rotatable bonds is 2. The van der Waals surface area contributed by atoms with Gasteiger partial charge in [-0.15, -0.1) is 11.3 Å². The Hall–Kier alpha value is -0.340. The first-order valence-electron chi connectivity index (χ1n) is 4.41. The molecule has 1 heterocycles. The number of hydrogen-bond donors (Lipinski definition) is 1. The van der Waals surface area contributed by atoms with Crippen LogP contribution in [0.25, 0.3) is 0 Å². The molecular weight excluding hydrogens is 166 g/mol. The van der Waals surface area contributed by atoms with Gasteiger partial charge in [0.1, 0.15) is 0 Å². The lowest BCUT2D eigenvalue weighted by molar-refractivity contribution is 0.559. The zero-order valence-corrected chi connectivity index (χ0v) is 8.40. The molecule has 2 N–H and O–H groups in total. The maximum Gasteiger partial charge on any atom is 0.00850 e. The third-order valence-corrected chi connectivity index (χ3v) is 4.11. The zero-order chi connectivity index (χ0) is 8.77. The summed E-state index contributed by atoms with van der Waals surface area (Å²) < 4.78 is 0. The molecule has 0 spiro atoms. The van der Waals surface area contributed by atoms with Crippen LogP contribution in [0.3, 0.4) is 0 Å². The lowest BCUT2D eigenvalue weighted by atomic mass is 10.1. The Morgan fingerprint density at radius 3 is 2.75 bits per heavy atom. The quantitative estimate of drug-likeness (QED) is 0.745. The van der Waals surface area contributed by atoms with Crippen LogP contribution in [0.4, 0.5) is 0 Å². The molecule has 1 aliphatic carbocycles. The summed E-state index contributed by atoms with van der Waals surface area (Å²) in [4.78, 5) is 1.51. The van der Waals surface area contributed by atoms with E-state index in [-0.39, 0.29) is 0 Å². The molecule has 1 aromatic heterocycles. The van der Waals surface area contributed by atoms with E-state index in [4.69, 9.17) is 5.73 Å². The van der Waals surface area contributed by atoms with Crippen molar-refractivity contribution in [2.75, 3.05) is 6.54 Å². The van der Waals surface area contributed by atoms with Crippen molar-refractivity contribution in [3.8, 4) is 0 Å². The van der Waals surface area contributed by atoms with Gasteiger partial charge >= 0.3 is 0 Å². The second-order valence-corrected chi connectivity index (χ2v) is 5.14. The Balaban J connectivity index is 2.19. The van der Waals surface area contributed by atoms with Gasteiger partial charge in [-0.1, -0.05) is 19.9 Å². The summed E-state index contributed by atoms with van der Waals surface area (Å²) in [5, 5.41) is 2.15. The highest BCUT2D eigenvalue weighted by Crippen LogP contribution is 2.64. The molecular formula is C10H15NS. The van der Waals surface area contributed by atoms with Crippen molar-refractivity contribution >= 4 is 11.3 Å². The normalized spacial score (nSPS) is 31.9. The molecule has 2 atom stereocenters. The zero-order valence-electron chi connectivity index (χ0n) is 7.58. The number of thiophene rings is 1. The Morgan fingerprint density at radius 2 is 2.33 bits per heavy atom. The first kappa shape index (κ1) is 8.27. The summed E-state index contributed by atoms with van der Waals surface area (Å²) in [7, 11) is 0. The largest absolute Gasteiger partial charge is 0.330 e. The van der Waals surface area contributed by atoms with Crippen molar-refractivity contribution in [2.45, 2.75) is 19.8 Å². The number of hydrogen-bond acceptors (Lipinski definition) is 2. The SMILES string of the molecule is CC1(C)[C@@H](CN)[C@@H]1c1cccs1. The highest BCUT2D eigenvalue weighted by Gasteiger charge is 2.57. The molecule has 1 aromatic rings. The molecule has 66 valence electrons. The van der Waals surface area contributed by atoms with E-state index < -0.39 is 0 Å². The molecule has 0 radical (unpaired) electrons. The molecule has 0 bridgehead atoms. The fourth-order valence-electron chi connectivity index (χ4n) is 2.22. The van der Waals surface area contributed by atoms with Crippen molar-refractivity contribution in [1.82, 2.24) is 0 Å². The van der Waals surface area contributed by atoms with Crippen LogP contribution < -0.4 is 5.73 Å². The van der Waals surface area contributed by atoms with E-state index in [1.165, 1.54) is 4.88 Å². The first-order valence-corrected chi connectivity index (χ1v) is 5.29. The minimum atomic E-state index is 0.444. The van der Waals surface area contributed by atoms with E-state index in [0.29, 0.717) is 11.3 Å². The topological polar surface area (TPSA) is 26.0 Å². The van der Waals surface area contributed by atoms with E-state index in [2.05, 4.69) is 31.4 Å². The van der Waals surface area contributed by atoms with Crippen LogP contribution in [-0.2, 0) is 0 Å². The van der Waals surface area contributed by atoms with Crippen molar-refractivity contribution < 1.29 is 0 Å². The smallest absolute Gasteiger partial charge is 0.00850 e. The van der Waals surface area contributed by atoms with Gasteiger partial charge in [-0.3, -0.25) is 0 Å². The van der Waals surface area contributed by atoms with Gasteiger partial charge in [-0.05, 0) is 29.3 Å². The van der Waals surface area contributed by atoms with E-state index in [0.717, 1.165) is 12.5 Å². The Kier molecular flexibility index (Phi) is 1.77. The van der Waals surface area contributed by atoms with Crippen molar-refractivity contribution in [3.63, 3.8) is 0 Å². The average Bonchev–Trinajstić information content (AvgIpc) is 2.50. The van der Waals surface area contributed by atoms with Gasteiger partial charge in [0.15, 0.2) is 0 Å². The van der Waals surface area contributed by atoms with Crippen LogP contribution in [0, 0.1) is 11.3 Å². The predicted octanol–water partition coefficient (Wildman–Crippen LogP) is 2.45. The molecule has 0 aliphatic heterocycles. The molecule has 1 aliphatic rings. The maximum absolute atomic E-state index is 5.71. The summed E-state index contributed by atoms with van der Waals surface area (Å²) in [6.45, 7) is 5.46. The Bertz CT molecular complexity index is 263. The predicted molar refractivity (Wildman–Crippen MR) is 53.4 cm³/mol. The van der Waals surface area contributed by atoms with Gasteiger partial charge < -0.3 is 5.73 Å². The fourth-order valence-corrected chi connectivity index (χ4v) is 3.30. The lowest BCUT2D eigenvalue weighted by Gasteiger charge is -1.98. The van der Waals surface area contributed by atoms with Crippen LogP contribution in [0.15, 0.2) is 17.5 Å². The van der Waals surface area contributed by atoms with Gasteiger partial charge in [0.05, 0.1) is 0 Å². The first-order chi connectivity index (χ1) is 5.68. The van der Waals surface area contributed by atoms with E-state index in [1.807, 2.05) is 11.3 Å². The van der Waals surface area contributed by atoms with Crippen LogP contribution in [0.5, 0.6) is 0 Å². The molecule has 0 amide bonds. The second kappa shape index (κ2) is 2.57. The minimum Gasteiger partial charge on any atom is -0.330 e.